The Morgan fingerprint density at radius 3 is 2.89 bits per heavy atom. The number of nitrogens with two attached hydrogens (primary N) is 2. The second kappa shape index (κ2) is 4.68. The van der Waals surface area contributed by atoms with Crippen LogP contribution in [0.1, 0.15) is 35.7 Å². The number of hydrogen-bond acceptors (Lipinski definition) is 3. The van der Waals surface area contributed by atoms with Crippen molar-refractivity contribution in [1.82, 2.24) is 4.90 Å². The first kappa shape index (κ1) is 12.4. The highest BCUT2D eigenvalue weighted by molar-refractivity contribution is 5.99. The van der Waals surface area contributed by atoms with Crippen LogP contribution in [0, 0.1) is 0 Å². The van der Waals surface area contributed by atoms with Crippen molar-refractivity contribution in [2.24, 2.45) is 5.73 Å². The quantitative estimate of drug-likeness (QED) is 0.774. The number of primary amides is 1. The Morgan fingerprint density at radius 1 is 1.50 bits per heavy atom. The van der Waals surface area contributed by atoms with Crippen LogP contribution in [0.5, 0.6) is 0 Å². The van der Waals surface area contributed by atoms with E-state index in [2.05, 4.69) is 0 Å². The average molecular weight is 247 g/mol. The molecule has 2 amide bonds. The maximum atomic E-state index is 12.2. The van der Waals surface area contributed by atoms with Crippen LogP contribution in [-0.2, 0) is 11.3 Å². The predicted octanol–water partition coefficient (Wildman–Crippen LogP) is 0.879. The van der Waals surface area contributed by atoms with Gasteiger partial charge in [0.15, 0.2) is 0 Å². The molecule has 2 rings (SSSR count). The molecule has 1 atom stereocenters. The van der Waals surface area contributed by atoms with E-state index in [0.717, 1.165) is 5.56 Å². The van der Waals surface area contributed by atoms with Crippen LogP contribution in [-0.4, -0.2) is 22.8 Å². The number of anilines is 1. The van der Waals surface area contributed by atoms with Crippen LogP contribution in [0.25, 0.3) is 0 Å². The highest BCUT2D eigenvalue weighted by Gasteiger charge is 2.30. The maximum absolute atomic E-state index is 12.2. The molecule has 1 heterocycles. The molecule has 1 aliphatic rings. The Bertz CT molecular complexity index is 499. The van der Waals surface area contributed by atoms with Crippen molar-refractivity contribution in [2.45, 2.75) is 32.4 Å². The van der Waals surface area contributed by atoms with E-state index >= 15 is 0 Å². The monoisotopic (exact) mass is 247 g/mol. The topological polar surface area (TPSA) is 89.4 Å². The van der Waals surface area contributed by atoms with Gasteiger partial charge in [-0.25, -0.2) is 0 Å². The number of hydrogen-bond donors (Lipinski definition) is 2. The Kier molecular flexibility index (Phi) is 3.23. The molecule has 0 saturated heterocycles. The van der Waals surface area contributed by atoms with Gasteiger partial charge in [-0.3, -0.25) is 9.59 Å². The van der Waals surface area contributed by atoms with Crippen molar-refractivity contribution in [3.05, 3.63) is 29.3 Å². The van der Waals surface area contributed by atoms with E-state index in [0.29, 0.717) is 30.6 Å². The number of nitrogen functional groups attached to an aromatic ring is 1. The van der Waals surface area contributed by atoms with Crippen LogP contribution in [0.15, 0.2) is 18.2 Å². The first-order valence-corrected chi connectivity index (χ1v) is 5.96. The van der Waals surface area contributed by atoms with E-state index in [1.807, 2.05) is 13.0 Å². The minimum atomic E-state index is -0.338. The molecule has 4 N–H and O–H groups in total. The fraction of sp³-hybridized carbons (Fsp3) is 0.385. The predicted molar refractivity (Wildman–Crippen MR) is 68.6 cm³/mol. The molecule has 18 heavy (non-hydrogen) atoms. The molecule has 1 aromatic carbocycles. The Hall–Kier alpha value is -2.04. The van der Waals surface area contributed by atoms with E-state index in [1.165, 1.54) is 0 Å². The molecule has 96 valence electrons. The zero-order valence-electron chi connectivity index (χ0n) is 10.3. The lowest BCUT2D eigenvalue weighted by Gasteiger charge is -2.23. The van der Waals surface area contributed by atoms with E-state index in [9.17, 15) is 9.59 Å². The zero-order valence-corrected chi connectivity index (χ0v) is 10.3. The lowest BCUT2D eigenvalue weighted by atomic mass is 10.1. The normalized spacial score (nSPS) is 15.6. The maximum Gasteiger partial charge on any atom is 0.254 e. The second-order valence-corrected chi connectivity index (χ2v) is 4.70. The number of nitrogens with zero attached hydrogens (tertiary/aromatic N) is 1. The van der Waals surface area contributed by atoms with Gasteiger partial charge in [-0.15, -0.1) is 0 Å². The standard InChI is InChI=1S/C13H17N3O2/c1-8(2-5-12(15)17)16-7-9-3-4-10(14)6-11(9)13(16)18/h3-4,6,8H,2,5,7,14H2,1H3,(H2,15,17). The summed E-state index contributed by atoms with van der Waals surface area (Å²) in [7, 11) is 0. The summed E-state index contributed by atoms with van der Waals surface area (Å²) in [6.45, 7) is 2.50. The Morgan fingerprint density at radius 2 is 2.22 bits per heavy atom. The SMILES string of the molecule is CC(CCC(N)=O)N1Cc2ccc(N)cc2C1=O. The molecular weight excluding hydrogens is 230 g/mol. The molecule has 0 bridgehead atoms. The number of carbonyl (C=O) groups excluding carboxylic acids is 2. The summed E-state index contributed by atoms with van der Waals surface area (Å²) in [6, 6.07) is 5.38. The summed E-state index contributed by atoms with van der Waals surface area (Å²) in [5, 5.41) is 0. The van der Waals surface area contributed by atoms with Crippen LogP contribution in [0.4, 0.5) is 5.69 Å². The molecule has 0 aliphatic carbocycles. The molecule has 0 spiro atoms. The first-order chi connectivity index (χ1) is 8.49. The third-order valence-corrected chi connectivity index (χ3v) is 3.31. The second-order valence-electron chi connectivity index (χ2n) is 4.70. The zero-order chi connectivity index (χ0) is 13.3. The largest absolute Gasteiger partial charge is 0.399 e. The number of carbonyl (C=O) groups is 2. The van der Waals surface area contributed by atoms with E-state index < -0.39 is 0 Å². The van der Waals surface area contributed by atoms with Crippen molar-refractivity contribution in [3.63, 3.8) is 0 Å². The van der Waals surface area contributed by atoms with Crippen LogP contribution in [0.3, 0.4) is 0 Å². The van der Waals surface area contributed by atoms with Crippen molar-refractivity contribution in [2.75, 3.05) is 5.73 Å². The number of amides is 2. The van der Waals surface area contributed by atoms with Crippen molar-refractivity contribution >= 4 is 17.5 Å². The van der Waals surface area contributed by atoms with Gasteiger partial charge in [0.1, 0.15) is 0 Å². The lowest BCUT2D eigenvalue weighted by molar-refractivity contribution is -0.118. The van der Waals surface area contributed by atoms with E-state index in [1.54, 1.807) is 17.0 Å². The highest BCUT2D eigenvalue weighted by atomic mass is 16.2. The van der Waals surface area contributed by atoms with Gasteiger partial charge in [0, 0.05) is 30.3 Å². The molecule has 1 aromatic rings. The summed E-state index contributed by atoms with van der Waals surface area (Å²) in [5.41, 5.74) is 13.0. The van der Waals surface area contributed by atoms with Crippen molar-refractivity contribution < 1.29 is 9.59 Å². The van der Waals surface area contributed by atoms with Gasteiger partial charge in [0.25, 0.3) is 5.91 Å². The smallest absolute Gasteiger partial charge is 0.254 e. The molecule has 5 heteroatoms. The molecule has 5 nitrogen and oxygen atoms in total. The van der Waals surface area contributed by atoms with Crippen LogP contribution < -0.4 is 11.5 Å². The van der Waals surface area contributed by atoms with Crippen LogP contribution in [0.2, 0.25) is 0 Å². The molecular formula is C13H17N3O2. The fourth-order valence-corrected chi connectivity index (χ4v) is 2.20. The Balaban J connectivity index is 2.11. The molecule has 0 saturated carbocycles. The van der Waals surface area contributed by atoms with Gasteiger partial charge < -0.3 is 16.4 Å². The minimum absolute atomic E-state index is 0.00127. The van der Waals surface area contributed by atoms with Crippen LogP contribution >= 0.6 is 0 Å². The summed E-state index contributed by atoms with van der Waals surface area (Å²) in [6.07, 6.45) is 0.883. The summed E-state index contributed by atoms with van der Waals surface area (Å²) in [5.74, 6) is -0.357. The summed E-state index contributed by atoms with van der Waals surface area (Å²) < 4.78 is 0. The van der Waals surface area contributed by atoms with Gasteiger partial charge in [-0.05, 0) is 31.0 Å². The Labute approximate surface area is 106 Å². The van der Waals surface area contributed by atoms with Gasteiger partial charge >= 0.3 is 0 Å². The van der Waals surface area contributed by atoms with E-state index in [-0.39, 0.29) is 17.9 Å². The van der Waals surface area contributed by atoms with Gasteiger partial charge in [0.05, 0.1) is 0 Å². The third kappa shape index (κ3) is 2.30. The highest BCUT2D eigenvalue weighted by Crippen LogP contribution is 2.27. The molecule has 1 aliphatic heterocycles. The first-order valence-electron chi connectivity index (χ1n) is 5.96. The average Bonchev–Trinajstić information content (AvgIpc) is 2.64. The number of benzene rings is 1. The van der Waals surface area contributed by atoms with Crippen molar-refractivity contribution in [3.8, 4) is 0 Å². The molecule has 0 aromatic heterocycles. The minimum Gasteiger partial charge on any atom is -0.399 e. The third-order valence-electron chi connectivity index (χ3n) is 3.31. The van der Waals surface area contributed by atoms with Gasteiger partial charge in [-0.2, -0.15) is 0 Å². The molecule has 0 radical (unpaired) electrons. The number of fused-ring (bicyclic) bond motifs is 1. The molecule has 1 unspecified atom stereocenters. The summed E-state index contributed by atoms with van der Waals surface area (Å²) in [4.78, 5) is 24.7. The molecule has 0 fully saturated rings. The van der Waals surface area contributed by atoms with Gasteiger partial charge in [-0.1, -0.05) is 6.07 Å². The van der Waals surface area contributed by atoms with E-state index in [4.69, 9.17) is 11.5 Å². The number of rotatable bonds is 4. The van der Waals surface area contributed by atoms with Crippen molar-refractivity contribution in [1.29, 1.82) is 0 Å². The summed E-state index contributed by atoms with van der Waals surface area (Å²) >= 11 is 0. The lowest BCUT2D eigenvalue weighted by Crippen LogP contribution is -2.34. The van der Waals surface area contributed by atoms with Gasteiger partial charge in [0.2, 0.25) is 5.91 Å². The fourth-order valence-electron chi connectivity index (χ4n) is 2.20.